The molecule has 3 aromatic rings. The Bertz CT molecular complexity index is 1010. The first-order valence-electron chi connectivity index (χ1n) is 8.20. The summed E-state index contributed by atoms with van der Waals surface area (Å²) in [5.74, 6) is -0.398. The van der Waals surface area contributed by atoms with Gasteiger partial charge in [-0.25, -0.2) is 0 Å². The van der Waals surface area contributed by atoms with E-state index in [0.29, 0.717) is 5.69 Å². The van der Waals surface area contributed by atoms with Crippen molar-refractivity contribution in [1.82, 2.24) is 4.57 Å². The van der Waals surface area contributed by atoms with Crippen LogP contribution in [0.15, 0.2) is 60.3 Å². The summed E-state index contributed by atoms with van der Waals surface area (Å²) < 4.78 is 2.11. The van der Waals surface area contributed by atoms with Gasteiger partial charge >= 0.3 is 0 Å². The van der Waals surface area contributed by atoms with Crippen LogP contribution in [0.1, 0.15) is 18.1 Å². The number of anilines is 1. The highest BCUT2D eigenvalue weighted by Gasteiger charge is 2.13. The molecule has 0 aliphatic heterocycles. The van der Waals surface area contributed by atoms with Crippen molar-refractivity contribution in [2.75, 3.05) is 5.32 Å². The van der Waals surface area contributed by atoms with Gasteiger partial charge in [0, 0.05) is 34.9 Å². The van der Waals surface area contributed by atoms with Gasteiger partial charge in [0.2, 0.25) is 0 Å². The molecule has 0 aliphatic carbocycles. The lowest BCUT2D eigenvalue weighted by Gasteiger charge is -2.07. The van der Waals surface area contributed by atoms with Crippen LogP contribution >= 0.6 is 0 Å². The SMILES string of the molecule is CCn1cc(/C=C(/C#N)C(=O)Nc2ccccc2C)c2ccccc21. The molecule has 0 radical (unpaired) electrons. The van der Waals surface area contributed by atoms with Gasteiger partial charge in [-0.1, -0.05) is 36.4 Å². The van der Waals surface area contributed by atoms with Gasteiger partial charge in [0.05, 0.1) is 0 Å². The Balaban J connectivity index is 1.97. The monoisotopic (exact) mass is 329 g/mol. The van der Waals surface area contributed by atoms with Gasteiger partial charge in [-0.2, -0.15) is 5.26 Å². The minimum atomic E-state index is -0.398. The van der Waals surface area contributed by atoms with E-state index < -0.39 is 5.91 Å². The lowest BCUT2D eigenvalue weighted by Crippen LogP contribution is -2.14. The quantitative estimate of drug-likeness (QED) is 0.565. The Morgan fingerprint density at radius 3 is 2.64 bits per heavy atom. The first kappa shape index (κ1) is 16.5. The smallest absolute Gasteiger partial charge is 0.266 e. The second-order valence-electron chi connectivity index (χ2n) is 5.83. The van der Waals surface area contributed by atoms with Crippen LogP contribution in [0.25, 0.3) is 17.0 Å². The van der Waals surface area contributed by atoms with Crippen LogP contribution in [0, 0.1) is 18.3 Å². The maximum absolute atomic E-state index is 12.5. The number of aryl methyl sites for hydroxylation is 2. The molecule has 1 heterocycles. The molecular weight excluding hydrogens is 310 g/mol. The third-order valence-electron chi connectivity index (χ3n) is 4.22. The fraction of sp³-hybridized carbons (Fsp3) is 0.143. The predicted molar refractivity (Wildman–Crippen MR) is 101 cm³/mol. The van der Waals surface area contributed by atoms with E-state index in [0.717, 1.165) is 28.6 Å². The molecule has 0 fully saturated rings. The van der Waals surface area contributed by atoms with E-state index in [2.05, 4.69) is 16.8 Å². The maximum atomic E-state index is 12.5. The summed E-state index contributed by atoms with van der Waals surface area (Å²) in [6.45, 7) is 4.81. The van der Waals surface area contributed by atoms with E-state index in [1.807, 2.05) is 67.7 Å². The number of nitriles is 1. The zero-order valence-electron chi connectivity index (χ0n) is 14.3. The maximum Gasteiger partial charge on any atom is 0.266 e. The van der Waals surface area contributed by atoms with Gasteiger partial charge in [-0.15, -0.1) is 0 Å². The van der Waals surface area contributed by atoms with Gasteiger partial charge in [0.1, 0.15) is 11.6 Å². The van der Waals surface area contributed by atoms with E-state index in [9.17, 15) is 10.1 Å². The van der Waals surface area contributed by atoms with Crippen LogP contribution in [0.4, 0.5) is 5.69 Å². The summed E-state index contributed by atoms with van der Waals surface area (Å²) in [4.78, 5) is 12.5. The largest absolute Gasteiger partial charge is 0.347 e. The van der Waals surface area contributed by atoms with E-state index in [1.54, 1.807) is 6.08 Å². The summed E-state index contributed by atoms with van der Waals surface area (Å²) in [6, 6.07) is 17.5. The molecular formula is C21H19N3O. The fourth-order valence-corrected chi connectivity index (χ4v) is 2.86. The molecule has 0 saturated heterocycles. The average molecular weight is 329 g/mol. The van der Waals surface area contributed by atoms with Crippen molar-refractivity contribution < 1.29 is 4.79 Å². The molecule has 0 aliphatic rings. The normalized spacial score (nSPS) is 11.3. The summed E-state index contributed by atoms with van der Waals surface area (Å²) in [6.07, 6.45) is 3.63. The van der Waals surface area contributed by atoms with Gasteiger partial charge in [0.25, 0.3) is 5.91 Å². The number of hydrogen-bond acceptors (Lipinski definition) is 2. The number of amides is 1. The van der Waals surface area contributed by atoms with E-state index in [-0.39, 0.29) is 5.57 Å². The molecule has 1 amide bonds. The minimum absolute atomic E-state index is 0.0854. The highest BCUT2D eigenvalue weighted by atomic mass is 16.1. The lowest BCUT2D eigenvalue weighted by atomic mass is 10.1. The van der Waals surface area contributed by atoms with Crippen LogP contribution in [0.3, 0.4) is 0 Å². The number of carbonyl (C=O) groups excluding carboxylic acids is 1. The highest BCUT2D eigenvalue weighted by Crippen LogP contribution is 2.24. The zero-order valence-corrected chi connectivity index (χ0v) is 14.3. The Morgan fingerprint density at radius 1 is 1.20 bits per heavy atom. The van der Waals surface area contributed by atoms with E-state index >= 15 is 0 Å². The molecule has 2 aromatic carbocycles. The molecule has 4 nitrogen and oxygen atoms in total. The van der Waals surface area contributed by atoms with Gasteiger partial charge in [-0.3, -0.25) is 4.79 Å². The second kappa shape index (κ2) is 7.06. The third kappa shape index (κ3) is 3.31. The molecule has 3 rings (SSSR count). The van der Waals surface area contributed by atoms with Crippen LogP contribution in [0.2, 0.25) is 0 Å². The number of aromatic nitrogens is 1. The van der Waals surface area contributed by atoms with Crippen LogP contribution in [-0.4, -0.2) is 10.5 Å². The molecule has 0 saturated carbocycles. The lowest BCUT2D eigenvalue weighted by molar-refractivity contribution is -0.112. The Labute approximate surface area is 147 Å². The Kier molecular flexibility index (Phi) is 4.67. The molecule has 124 valence electrons. The number of fused-ring (bicyclic) bond motifs is 1. The molecule has 1 N–H and O–H groups in total. The van der Waals surface area contributed by atoms with Gasteiger partial charge in [0.15, 0.2) is 0 Å². The molecule has 0 bridgehead atoms. The first-order chi connectivity index (χ1) is 12.1. The third-order valence-corrected chi connectivity index (χ3v) is 4.22. The van der Waals surface area contributed by atoms with Crippen molar-refractivity contribution in [3.8, 4) is 6.07 Å². The molecule has 1 aromatic heterocycles. The van der Waals surface area contributed by atoms with Crippen molar-refractivity contribution in [2.24, 2.45) is 0 Å². The predicted octanol–water partition coefficient (Wildman–Crippen LogP) is 4.52. The highest BCUT2D eigenvalue weighted by molar-refractivity contribution is 6.11. The number of carbonyl (C=O) groups is 1. The molecule has 4 heteroatoms. The first-order valence-corrected chi connectivity index (χ1v) is 8.20. The van der Waals surface area contributed by atoms with E-state index in [4.69, 9.17) is 0 Å². The van der Waals surface area contributed by atoms with Crippen LogP contribution < -0.4 is 5.32 Å². The fourth-order valence-electron chi connectivity index (χ4n) is 2.86. The molecule has 0 atom stereocenters. The molecule has 0 spiro atoms. The number of hydrogen-bond donors (Lipinski definition) is 1. The standard InChI is InChI=1S/C21H19N3O/c1-3-24-14-17(18-9-5-7-11-20(18)24)12-16(13-22)21(25)23-19-10-6-4-8-15(19)2/h4-12,14H,3H2,1-2H3,(H,23,25)/b16-12-. The summed E-state index contributed by atoms with van der Waals surface area (Å²) >= 11 is 0. The number of nitrogens with one attached hydrogen (secondary N) is 1. The van der Waals surface area contributed by atoms with Crippen LogP contribution in [0.5, 0.6) is 0 Å². The van der Waals surface area contributed by atoms with Crippen molar-refractivity contribution in [3.05, 3.63) is 71.4 Å². The number of para-hydroxylation sites is 2. The average Bonchev–Trinajstić information content (AvgIpc) is 2.99. The topological polar surface area (TPSA) is 57.8 Å². The molecule has 25 heavy (non-hydrogen) atoms. The second-order valence-corrected chi connectivity index (χ2v) is 5.83. The van der Waals surface area contributed by atoms with Crippen molar-refractivity contribution >= 4 is 28.6 Å². The van der Waals surface area contributed by atoms with Crippen molar-refractivity contribution in [1.29, 1.82) is 5.26 Å². The molecule has 0 unspecified atom stereocenters. The Morgan fingerprint density at radius 2 is 1.92 bits per heavy atom. The summed E-state index contributed by atoms with van der Waals surface area (Å²) in [5, 5.41) is 13.3. The summed E-state index contributed by atoms with van der Waals surface area (Å²) in [7, 11) is 0. The summed E-state index contributed by atoms with van der Waals surface area (Å²) in [5.41, 5.74) is 3.71. The number of rotatable bonds is 4. The number of nitrogens with zero attached hydrogens (tertiary/aromatic N) is 2. The number of benzene rings is 2. The van der Waals surface area contributed by atoms with Crippen molar-refractivity contribution in [3.63, 3.8) is 0 Å². The zero-order chi connectivity index (χ0) is 17.8. The minimum Gasteiger partial charge on any atom is -0.347 e. The van der Waals surface area contributed by atoms with Gasteiger partial charge < -0.3 is 9.88 Å². The van der Waals surface area contributed by atoms with E-state index in [1.165, 1.54) is 0 Å². The van der Waals surface area contributed by atoms with Crippen LogP contribution in [-0.2, 0) is 11.3 Å². The Hall–Kier alpha value is -3.32. The van der Waals surface area contributed by atoms with Gasteiger partial charge in [-0.05, 0) is 37.6 Å². The van der Waals surface area contributed by atoms with Crippen molar-refractivity contribution in [2.45, 2.75) is 20.4 Å².